The molecule has 0 radical (unpaired) electrons. The van der Waals surface area contributed by atoms with Crippen LogP contribution in [-0.4, -0.2) is 22.6 Å². The Morgan fingerprint density at radius 2 is 2.08 bits per heavy atom. The molecule has 0 bridgehead atoms. The van der Waals surface area contributed by atoms with Crippen molar-refractivity contribution in [2.24, 2.45) is 7.05 Å². The summed E-state index contributed by atoms with van der Waals surface area (Å²) in [6.07, 6.45) is 0. The number of carbonyl (C=O) groups is 1. The number of carbonyl (C=O) groups excluding carboxylic acids is 1. The van der Waals surface area contributed by atoms with Gasteiger partial charge in [0.2, 0.25) is 0 Å². The second kappa shape index (κ2) is 6.88. The number of nitrogens with zero attached hydrogens (tertiary/aromatic N) is 2. The van der Waals surface area contributed by atoms with Crippen LogP contribution in [0.15, 0.2) is 41.8 Å². The molecule has 6 heteroatoms. The number of benzene rings is 1. The number of rotatable bonds is 5. The standard InChI is InChI=1S/C18H19N3O2S/c1-12-8-9-15(21(12)2)18-20-14(11-24-18)17(22)19-10-13-6-4-5-7-16(13)23-3/h4-9,11H,10H2,1-3H3,(H,19,22). The van der Waals surface area contributed by atoms with Crippen molar-refractivity contribution in [2.45, 2.75) is 13.5 Å². The monoisotopic (exact) mass is 341 g/mol. The van der Waals surface area contributed by atoms with E-state index in [0.717, 1.165) is 27.7 Å². The highest BCUT2D eigenvalue weighted by Gasteiger charge is 2.14. The molecule has 0 aliphatic rings. The predicted molar refractivity (Wildman–Crippen MR) is 95.4 cm³/mol. The summed E-state index contributed by atoms with van der Waals surface area (Å²) < 4.78 is 7.36. The molecule has 124 valence electrons. The van der Waals surface area contributed by atoms with E-state index in [1.165, 1.54) is 11.3 Å². The summed E-state index contributed by atoms with van der Waals surface area (Å²) in [5.41, 5.74) is 3.54. The Labute approximate surface area is 144 Å². The Hall–Kier alpha value is -2.60. The maximum atomic E-state index is 12.3. The van der Waals surface area contributed by atoms with Gasteiger partial charge < -0.3 is 14.6 Å². The van der Waals surface area contributed by atoms with E-state index in [2.05, 4.69) is 14.9 Å². The average Bonchev–Trinajstić information content (AvgIpc) is 3.21. The number of nitrogens with one attached hydrogen (secondary N) is 1. The molecular weight excluding hydrogens is 322 g/mol. The molecule has 0 spiro atoms. The normalized spacial score (nSPS) is 10.6. The Kier molecular flexibility index (Phi) is 4.66. The summed E-state index contributed by atoms with van der Waals surface area (Å²) in [6.45, 7) is 2.44. The number of amides is 1. The van der Waals surface area contributed by atoms with Gasteiger partial charge in [0.05, 0.1) is 12.8 Å². The highest BCUT2D eigenvalue weighted by Crippen LogP contribution is 2.25. The molecule has 1 amide bonds. The van der Waals surface area contributed by atoms with Gasteiger partial charge >= 0.3 is 0 Å². The first-order valence-corrected chi connectivity index (χ1v) is 8.46. The van der Waals surface area contributed by atoms with Crippen molar-refractivity contribution in [3.8, 4) is 16.5 Å². The number of thiazole rings is 1. The molecule has 3 rings (SSSR count). The van der Waals surface area contributed by atoms with Gasteiger partial charge in [0.25, 0.3) is 5.91 Å². The van der Waals surface area contributed by atoms with Gasteiger partial charge in [-0.25, -0.2) is 4.98 Å². The Balaban J connectivity index is 1.71. The average molecular weight is 341 g/mol. The number of ether oxygens (including phenoxy) is 1. The lowest BCUT2D eigenvalue weighted by Gasteiger charge is -2.08. The molecule has 0 aliphatic heterocycles. The van der Waals surface area contributed by atoms with Crippen LogP contribution in [0.1, 0.15) is 21.7 Å². The van der Waals surface area contributed by atoms with Crippen LogP contribution in [0.25, 0.3) is 10.7 Å². The number of para-hydroxylation sites is 1. The van der Waals surface area contributed by atoms with Crippen molar-refractivity contribution in [2.75, 3.05) is 7.11 Å². The van der Waals surface area contributed by atoms with Crippen molar-refractivity contribution in [3.05, 3.63) is 58.7 Å². The van der Waals surface area contributed by atoms with E-state index in [1.807, 2.05) is 50.4 Å². The van der Waals surface area contributed by atoms with E-state index in [4.69, 9.17) is 4.74 Å². The minimum absolute atomic E-state index is 0.186. The number of aromatic nitrogens is 2. The molecular formula is C18H19N3O2S. The molecule has 2 heterocycles. The molecule has 0 saturated carbocycles. The van der Waals surface area contributed by atoms with Crippen LogP contribution in [0.4, 0.5) is 0 Å². The maximum Gasteiger partial charge on any atom is 0.271 e. The zero-order valence-electron chi connectivity index (χ0n) is 13.9. The highest BCUT2D eigenvalue weighted by molar-refractivity contribution is 7.13. The topological polar surface area (TPSA) is 56.1 Å². The second-order valence-corrected chi connectivity index (χ2v) is 6.31. The van der Waals surface area contributed by atoms with Crippen LogP contribution in [0.3, 0.4) is 0 Å². The number of methoxy groups -OCH3 is 1. The number of hydrogen-bond donors (Lipinski definition) is 1. The van der Waals surface area contributed by atoms with Gasteiger partial charge in [-0.15, -0.1) is 11.3 Å². The minimum atomic E-state index is -0.186. The summed E-state index contributed by atoms with van der Waals surface area (Å²) in [6, 6.07) is 11.7. The van der Waals surface area contributed by atoms with E-state index in [-0.39, 0.29) is 5.91 Å². The van der Waals surface area contributed by atoms with Crippen molar-refractivity contribution in [1.29, 1.82) is 0 Å². The molecule has 3 aromatic rings. The molecule has 0 unspecified atom stereocenters. The zero-order chi connectivity index (χ0) is 17.1. The van der Waals surface area contributed by atoms with Crippen molar-refractivity contribution in [3.63, 3.8) is 0 Å². The first-order valence-electron chi connectivity index (χ1n) is 7.58. The summed E-state index contributed by atoms with van der Waals surface area (Å²) in [4.78, 5) is 16.8. The molecule has 0 fully saturated rings. The molecule has 0 atom stereocenters. The Bertz CT molecular complexity index is 867. The van der Waals surface area contributed by atoms with Gasteiger partial charge in [0.1, 0.15) is 16.5 Å². The van der Waals surface area contributed by atoms with Crippen molar-refractivity contribution < 1.29 is 9.53 Å². The largest absolute Gasteiger partial charge is 0.496 e. The first-order chi connectivity index (χ1) is 11.6. The molecule has 5 nitrogen and oxygen atoms in total. The lowest BCUT2D eigenvalue weighted by molar-refractivity contribution is 0.0946. The van der Waals surface area contributed by atoms with Crippen LogP contribution >= 0.6 is 11.3 Å². The highest BCUT2D eigenvalue weighted by atomic mass is 32.1. The van der Waals surface area contributed by atoms with Crippen LogP contribution in [0, 0.1) is 6.92 Å². The van der Waals surface area contributed by atoms with E-state index < -0.39 is 0 Å². The van der Waals surface area contributed by atoms with Crippen LogP contribution in [-0.2, 0) is 13.6 Å². The molecule has 24 heavy (non-hydrogen) atoms. The van der Waals surface area contributed by atoms with Crippen LogP contribution < -0.4 is 10.1 Å². The third-order valence-corrected chi connectivity index (χ3v) is 4.83. The van der Waals surface area contributed by atoms with Gasteiger partial charge in [-0.1, -0.05) is 18.2 Å². The number of hydrogen-bond acceptors (Lipinski definition) is 4. The van der Waals surface area contributed by atoms with Crippen LogP contribution in [0.5, 0.6) is 5.75 Å². The lowest BCUT2D eigenvalue weighted by Crippen LogP contribution is -2.23. The Morgan fingerprint density at radius 3 is 2.79 bits per heavy atom. The van der Waals surface area contributed by atoms with E-state index >= 15 is 0 Å². The predicted octanol–water partition coefficient (Wildman–Crippen LogP) is 3.40. The van der Waals surface area contributed by atoms with E-state index in [0.29, 0.717) is 12.2 Å². The fourth-order valence-corrected chi connectivity index (χ4v) is 3.30. The van der Waals surface area contributed by atoms with Gasteiger partial charge in [0, 0.05) is 30.2 Å². The van der Waals surface area contributed by atoms with Crippen molar-refractivity contribution >= 4 is 17.2 Å². The molecule has 0 aliphatic carbocycles. The minimum Gasteiger partial charge on any atom is -0.496 e. The quantitative estimate of drug-likeness (QED) is 0.774. The molecule has 1 aromatic carbocycles. The summed E-state index contributed by atoms with van der Waals surface area (Å²) in [5, 5.41) is 5.52. The SMILES string of the molecule is COc1ccccc1CNC(=O)c1csc(-c2ccc(C)n2C)n1. The summed E-state index contributed by atoms with van der Waals surface area (Å²) >= 11 is 1.47. The molecule has 1 N–H and O–H groups in total. The fraction of sp³-hybridized carbons (Fsp3) is 0.222. The third-order valence-electron chi connectivity index (χ3n) is 3.96. The van der Waals surface area contributed by atoms with Gasteiger partial charge in [0.15, 0.2) is 0 Å². The summed E-state index contributed by atoms with van der Waals surface area (Å²) in [5.74, 6) is 0.574. The third kappa shape index (κ3) is 3.19. The van der Waals surface area contributed by atoms with Crippen LogP contribution in [0.2, 0.25) is 0 Å². The summed E-state index contributed by atoms with van der Waals surface area (Å²) in [7, 11) is 3.61. The molecule has 0 saturated heterocycles. The Morgan fingerprint density at radius 1 is 1.29 bits per heavy atom. The second-order valence-electron chi connectivity index (χ2n) is 5.45. The number of aryl methyl sites for hydroxylation is 1. The zero-order valence-corrected chi connectivity index (χ0v) is 14.7. The first kappa shape index (κ1) is 16.3. The molecule has 2 aromatic heterocycles. The maximum absolute atomic E-state index is 12.3. The van der Waals surface area contributed by atoms with E-state index in [1.54, 1.807) is 12.5 Å². The smallest absolute Gasteiger partial charge is 0.271 e. The van der Waals surface area contributed by atoms with Crippen molar-refractivity contribution in [1.82, 2.24) is 14.9 Å². The van der Waals surface area contributed by atoms with Gasteiger partial charge in [-0.2, -0.15) is 0 Å². The fourth-order valence-electron chi connectivity index (χ4n) is 2.44. The van der Waals surface area contributed by atoms with Gasteiger partial charge in [-0.3, -0.25) is 4.79 Å². The van der Waals surface area contributed by atoms with E-state index in [9.17, 15) is 4.79 Å². The van der Waals surface area contributed by atoms with Gasteiger partial charge in [-0.05, 0) is 25.1 Å². The lowest BCUT2D eigenvalue weighted by atomic mass is 10.2.